The minimum absolute atomic E-state index is 0.494. The van der Waals surface area contributed by atoms with E-state index >= 15 is 0 Å². The van der Waals surface area contributed by atoms with Crippen molar-refractivity contribution in [2.24, 2.45) is 0 Å². The monoisotopic (exact) mass is 319 g/mol. The fourth-order valence-electron chi connectivity index (χ4n) is 2.20. The second kappa shape index (κ2) is 7.81. The van der Waals surface area contributed by atoms with E-state index in [0.29, 0.717) is 17.9 Å². The zero-order valence-electron chi connectivity index (χ0n) is 13.5. The van der Waals surface area contributed by atoms with Crippen molar-refractivity contribution in [3.05, 3.63) is 59.7 Å². The van der Waals surface area contributed by atoms with Crippen molar-refractivity contribution in [2.45, 2.75) is 12.5 Å². The van der Waals surface area contributed by atoms with E-state index in [1.807, 2.05) is 42.5 Å². The zero-order chi connectivity index (χ0) is 16.7. The molecule has 0 saturated heterocycles. The molecule has 0 aromatic heterocycles. The number of rotatable bonds is 7. The van der Waals surface area contributed by atoms with Gasteiger partial charge in [-0.2, -0.15) is 0 Å². The van der Waals surface area contributed by atoms with Gasteiger partial charge in [0.15, 0.2) is 0 Å². The van der Waals surface area contributed by atoms with E-state index in [1.54, 1.807) is 20.3 Å². The molecule has 0 bridgehead atoms. The van der Waals surface area contributed by atoms with Gasteiger partial charge in [-0.15, -0.1) is 0 Å². The van der Waals surface area contributed by atoms with Gasteiger partial charge in [-0.3, -0.25) is 0 Å². The van der Waals surface area contributed by atoms with Gasteiger partial charge in [0.2, 0.25) is 0 Å². The summed E-state index contributed by atoms with van der Waals surface area (Å²) in [6.45, 7) is 0. The highest BCUT2D eigenvalue weighted by Gasteiger charge is 2.18. The maximum absolute atomic E-state index is 11.6. The van der Waals surface area contributed by atoms with E-state index in [0.717, 1.165) is 11.1 Å². The summed E-state index contributed by atoms with van der Waals surface area (Å²) in [5.74, 6) is 1.25. The molecule has 0 radical (unpaired) electrons. The topological polar surface area (TPSA) is 44.8 Å². The smallest absolute Gasteiger partial charge is 0.320 e. The molecular formula is C17H19O4P. The lowest BCUT2D eigenvalue weighted by atomic mass is 10.0. The summed E-state index contributed by atoms with van der Waals surface area (Å²) < 4.78 is 23.2. The van der Waals surface area contributed by atoms with E-state index in [2.05, 4.69) is 0 Å². The molecule has 0 aliphatic heterocycles. The maximum atomic E-state index is 11.6. The third-order valence-electron chi connectivity index (χ3n) is 3.26. The molecule has 0 saturated carbocycles. The molecule has 2 aromatic carbocycles. The molecule has 5 heteroatoms. The highest BCUT2D eigenvalue weighted by atomic mass is 31.0. The largest absolute Gasteiger partial charge is 0.497 e. The number of carbonyl (C=O) groups excluding carboxylic acids is 1. The highest BCUT2D eigenvalue weighted by molar-refractivity contribution is 7.39. The lowest BCUT2D eigenvalue weighted by Crippen LogP contribution is -2.10. The molecule has 2 rings (SSSR count). The first-order valence-electron chi connectivity index (χ1n) is 7.31. The Labute approximate surface area is 133 Å². The fraction of sp³-hybridized carbons (Fsp3) is 0.235. The van der Waals surface area contributed by atoms with Crippen LogP contribution in [0.4, 0.5) is 4.79 Å². The standard InChI is InChI=1S/C17H19O4P/c1-19-14-9-13(10-15(11-14)20-2)16(21-17(18)22)8-12-6-4-3-5-7-12/h3-7,9-11,16H,8,22H2,1-2H3/i22D. The predicted octanol–water partition coefficient (Wildman–Crippen LogP) is 4.00. The first-order valence-corrected chi connectivity index (χ1v) is 7.31. The number of methoxy groups -OCH3 is 2. The normalized spacial score (nSPS) is 12.7. The van der Waals surface area contributed by atoms with E-state index < -0.39 is 21.0 Å². The van der Waals surface area contributed by atoms with Crippen LogP contribution < -0.4 is 9.47 Å². The number of hydrogen-bond acceptors (Lipinski definition) is 4. The van der Waals surface area contributed by atoms with Crippen LogP contribution in [0.3, 0.4) is 0 Å². The summed E-state index contributed by atoms with van der Waals surface area (Å²) in [5.41, 5.74) is 1.28. The van der Waals surface area contributed by atoms with Crippen LogP contribution in [0.15, 0.2) is 48.5 Å². The average molecular weight is 319 g/mol. The average Bonchev–Trinajstić information content (AvgIpc) is 2.61. The van der Waals surface area contributed by atoms with E-state index in [9.17, 15) is 4.79 Å². The van der Waals surface area contributed by atoms with Crippen LogP contribution in [-0.2, 0) is 11.2 Å². The van der Waals surface area contributed by atoms with E-state index in [-0.39, 0.29) is 0 Å². The Morgan fingerprint density at radius 1 is 1.14 bits per heavy atom. The molecule has 0 N–H and O–H groups in total. The SMILES string of the molecule is [2H]PC(=O)OC(Cc1ccccc1)c1cc(OC)cc(OC)c1. The molecular weight excluding hydrogens is 299 g/mol. The fourth-order valence-corrected chi connectivity index (χ4v) is 2.34. The Morgan fingerprint density at radius 2 is 1.77 bits per heavy atom. The minimum atomic E-state index is -0.649. The van der Waals surface area contributed by atoms with Crippen LogP contribution in [0.5, 0.6) is 11.5 Å². The van der Waals surface area contributed by atoms with Crippen molar-refractivity contribution in [1.29, 1.82) is 1.28 Å². The molecule has 2 unspecified atom stereocenters. The molecule has 0 amide bonds. The third-order valence-corrected chi connectivity index (χ3v) is 3.38. The number of ether oxygens (including phenoxy) is 3. The van der Waals surface area contributed by atoms with Crippen LogP contribution in [-0.4, -0.2) is 21.2 Å². The summed E-state index contributed by atoms with van der Waals surface area (Å²) in [6.07, 6.45) is 0.0275. The van der Waals surface area contributed by atoms with Gasteiger partial charge in [-0.1, -0.05) is 30.3 Å². The van der Waals surface area contributed by atoms with Crippen LogP contribution in [0.25, 0.3) is 0 Å². The number of carbonyl (C=O) groups is 1. The lowest BCUT2D eigenvalue weighted by molar-refractivity contribution is 0.122. The molecule has 0 spiro atoms. The summed E-state index contributed by atoms with van der Waals surface area (Å²) in [7, 11) is 2.49. The Kier molecular flexibility index (Phi) is 5.27. The maximum Gasteiger partial charge on any atom is 0.320 e. The van der Waals surface area contributed by atoms with Gasteiger partial charge in [-0.05, 0) is 26.9 Å². The van der Waals surface area contributed by atoms with Crippen molar-refractivity contribution < 1.29 is 19.0 Å². The van der Waals surface area contributed by atoms with Gasteiger partial charge in [0.05, 0.1) is 15.5 Å². The summed E-state index contributed by atoms with van der Waals surface area (Å²) in [6, 6.07) is 15.1. The van der Waals surface area contributed by atoms with Gasteiger partial charge >= 0.3 is 5.71 Å². The van der Waals surface area contributed by atoms with E-state index in [1.165, 1.54) is 0 Å². The van der Waals surface area contributed by atoms with Crippen LogP contribution in [0.1, 0.15) is 17.2 Å². The Balaban J connectivity index is 2.34. The van der Waals surface area contributed by atoms with Crippen molar-refractivity contribution in [3.8, 4) is 11.5 Å². The number of hydrogen-bond donors (Lipinski definition) is 0. The van der Waals surface area contributed by atoms with Crippen molar-refractivity contribution in [3.63, 3.8) is 0 Å². The highest BCUT2D eigenvalue weighted by Crippen LogP contribution is 2.31. The lowest BCUT2D eigenvalue weighted by Gasteiger charge is -2.19. The quantitative estimate of drug-likeness (QED) is 0.724. The molecule has 0 aliphatic carbocycles. The molecule has 4 nitrogen and oxygen atoms in total. The van der Waals surface area contributed by atoms with Crippen molar-refractivity contribution >= 4 is 14.9 Å². The summed E-state index contributed by atoms with van der Waals surface area (Å²) in [5, 5.41) is 0. The minimum Gasteiger partial charge on any atom is -0.497 e. The predicted molar refractivity (Wildman–Crippen MR) is 88.6 cm³/mol. The van der Waals surface area contributed by atoms with Crippen LogP contribution in [0, 0.1) is 0 Å². The number of benzene rings is 2. The van der Waals surface area contributed by atoms with E-state index in [4.69, 9.17) is 15.5 Å². The Morgan fingerprint density at radius 3 is 2.32 bits per heavy atom. The molecule has 116 valence electrons. The summed E-state index contributed by atoms with van der Waals surface area (Å²) >= 11 is 0. The van der Waals surface area contributed by atoms with Crippen molar-refractivity contribution in [1.82, 2.24) is 0 Å². The molecule has 0 fully saturated rings. The summed E-state index contributed by atoms with van der Waals surface area (Å²) in [4.78, 5) is 11.6. The second-order valence-corrected chi connectivity index (χ2v) is 5.14. The molecule has 0 heterocycles. The first-order chi connectivity index (χ1) is 11.2. The first kappa shape index (κ1) is 14.9. The molecule has 2 aromatic rings. The van der Waals surface area contributed by atoms with Gasteiger partial charge in [0.25, 0.3) is 0 Å². The Bertz CT molecular complexity index is 626. The zero-order valence-corrected chi connectivity index (χ0v) is 13.5. The van der Waals surface area contributed by atoms with Crippen molar-refractivity contribution in [2.75, 3.05) is 14.2 Å². The van der Waals surface area contributed by atoms with Gasteiger partial charge in [0, 0.05) is 18.1 Å². The Hall–Kier alpha value is -2.06. The van der Waals surface area contributed by atoms with Gasteiger partial charge in [-0.25, -0.2) is 4.79 Å². The van der Waals surface area contributed by atoms with Crippen LogP contribution >= 0.6 is 9.18 Å². The van der Waals surface area contributed by atoms with Gasteiger partial charge in [0.1, 0.15) is 17.6 Å². The molecule has 2 atom stereocenters. The molecule has 22 heavy (non-hydrogen) atoms. The molecule has 0 aliphatic rings. The van der Waals surface area contributed by atoms with Crippen LogP contribution in [0.2, 0.25) is 0 Å². The van der Waals surface area contributed by atoms with Gasteiger partial charge < -0.3 is 14.2 Å². The third kappa shape index (κ3) is 4.47. The second-order valence-electron chi connectivity index (χ2n) is 4.73.